The number of hydrogen-bond acceptors (Lipinski definition) is 1. The predicted molar refractivity (Wildman–Crippen MR) is 45.9 cm³/mol. The van der Waals surface area contributed by atoms with E-state index in [1.165, 1.54) is 5.57 Å². The van der Waals surface area contributed by atoms with Crippen molar-refractivity contribution in [2.24, 2.45) is 5.92 Å². The Labute approximate surface area is 68.0 Å². The molecule has 1 aliphatic rings. The Morgan fingerprint density at radius 1 is 1.82 bits per heavy atom. The lowest BCUT2D eigenvalue weighted by Crippen LogP contribution is -2.05. The second-order valence-electron chi connectivity index (χ2n) is 3.16. The van der Waals surface area contributed by atoms with E-state index in [-0.39, 0.29) is 0 Å². The van der Waals surface area contributed by atoms with Crippen molar-refractivity contribution in [3.63, 3.8) is 0 Å². The van der Waals surface area contributed by atoms with Crippen LogP contribution in [0.1, 0.15) is 26.2 Å². The van der Waals surface area contributed by atoms with E-state index in [2.05, 4.69) is 19.6 Å². The molecule has 58 valence electrons. The van der Waals surface area contributed by atoms with Crippen LogP contribution in [0.4, 0.5) is 0 Å². The molecule has 0 amide bonds. The Morgan fingerprint density at radius 2 is 2.55 bits per heavy atom. The summed E-state index contributed by atoms with van der Waals surface area (Å²) in [5.41, 5.74) is 2.20. The van der Waals surface area contributed by atoms with Crippen LogP contribution in [-0.2, 0) is 0 Å². The molecular formula is C10H13N. The van der Waals surface area contributed by atoms with Crippen molar-refractivity contribution in [1.29, 1.82) is 5.26 Å². The highest BCUT2D eigenvalue weighted by Gasteiger charge is 2.13. The first-order chi connectivity index (χ1) is 5.24. The summed E-state index contributed by atoms with van der Waals surface area (Å²) < 4.78 is 0. The summed E-state index contributed by atoms with van der Waals surface area (Å²) in [6, 6.07) is 2.19. The first-order valence-corrected chi connectivity index (χ1v) is 3.98. The maximum absolute atomic E-state index is 8.58. The van der Waals surface area contributed by atoms with E-state index in [4.69, 9.17) is 5.26 Å². The lowest BCUT2D eigenvalue weighted by molar-refractivity contribution is 0.546. The molecule has 1 atom stereocenters. The number of hydrogen-bond donors (Lipinski definition) is 0. The normalized spacial score (nSPS) is 23.6. The van der Waals surface area contributed by atoms with Gasteiger partial charge in [0.15, 0.2) is 0 Å². The van der Waals surface area contributed by atoms with E-state index < -0.39 is 0 Å². The molecule has 0 spiro atoms. The summed E-state index contributed by atoms with van der Waals surface area (Å²) in [6.07, 6.45) is 5.10. The minimum absolute atomic E-state index is 0.618. The minimum Gasteiger partial charge on any atom is -0.193 e. The summed E-state index contributed by atoms with van der Waals surface area (Å²) in [6.45, 7) is 5.98. The maximum atomic E-state index is 8.58. The summed E-state index contributed by atoms with van der Waals surface area (Å²) in [7, 11) is 0. The van der Waals surface area contributed by atoms with Crippen molar-refractivity contribution in [3.05, 3.63) is 23.8 Å². The zero-order chi connectivity index (χ0) is 8.27. The van der Waals surface area contributed by atoms with Gasteiger partial charge in [-0.25, -0.2) is 0 Å². The predicted octanol–water partition coefficient (Wildman–Crippen LogP) is 2.81. The molecule has 0 bridgehead atoms. The molecule has 0 heterocycles. The van der Waals surface area contributed by atoms with Gasteiger partial charge in [0.1, 0.15) is 0 Å². The van der Waals surface area contributed by atoms with Gasteiger partial charge >= 0.3 is 0 Å². The SMILES string of the molecule is C=C(C)[C@H]1CC=C(C#N)CC1. The Kier molecular flexibility index (Phi) is 2.48. The van der Waals surface area contributed by atoms with Crippen LogP contribution >= 0.6 is 0 Å². The minimum atomic E-state index is 0.618. The van der Waals surface area contributed by atoms with Crippen molar-refractivity contribution in [2.75, 3.05) is 0 Å². The number of allylic oxidation sites excluding steroid dienone is 3. The van der Waals surface area contributed by atoms with Crippen LogP contribution in [0.2, 0.25) is 0 Å². The van der Waals surface area contributed by atoms with Crippen LogP contribution in [0.5, 0.6) is 0 Å². The topological polar surface area (TPSA) is 23.8 Å². The van der Waals surface area contributed by atoms with Gasteiger partial charge in [-0.1, -0.05) is 18.2 Å². The Hall–Kier alpha value is -1.03. The first-order valence-electron chi connectivity index (χ1n) is 3.98. The number of nitrogens with zero attached hydrogens (tertiary/aromatic N) is 1. The maximum Gasteiger partial charge on any atom is 0.0943 e. The number of rotatable bonds is 1. The average Bonchev–Trinajstić information content (AvgIpc) is 2.05. The van der Waals surface area contributed by atoms with Gasteiger partial charge < -0.3 is 0 Å². The van der Waals surface area contributed by atoms with Crippen LogP contribution in [0, 0.1) is 17.2 Å². The molecule has 11 heavy (non-hydrogen) atoms. The summed E-state index contributed by atoms with van der Waals surface area (Å²) >= 11 is 0. The molecule has 0 aromatic heterocycles. The van der Waals surface area contributed by atoms with Gasteiger partial charge in [-0.15, -0.1) is 0 Å². The second-order valence-corrected chi connectivity index (χ2v) is 3.16. The zero-order valence-electron chi connectivity index (χ0n) is 6.93. The fraction of sp³-hybridized carbons (Fsp3) is 0.500. The van der Waals surface area contributed by atoms with Crippen LogP contribution in [0.25, 0.3) is 0 Å². The third-order valence-electron chi connectivity index (χ3n) is 2.25. The van der Waals surface area contributed by atoms with Crippen LogP contribution in [0.15, 0.2) is 23.8 Å². The molecule has 1 rings (SSSR count). The molecule has 0 saturated carbocycles. The average molecular weight is 147 g/mol. The molecule has 0 aromatic rings. The van der Waals surface area contributed by atoms with E-state index in [0.29, 0.717) is 5.92 Å². The summed E-state index contributed by atoms with van der Waals surface area (Å²) in [5, 5.41) is 8.58. The second kappa shape index (κ2) is 3.39. The summed E-state index contributed by atoms with van der Waals surface area (Å²) in [4.78, 5) is 0. The van der Waals surface area contributed by atoms with Crippen LogP contribution in [-0.4, -0.2) is 0 Å². The molecular weight excluding hydrogens is 134 g/mol. The highest BCUT2D eigenvalue weighted by molar-refractivity contribution is 5.24. The van der Waals surface area contributed by atoms with Gasteiger partial charge in [-0.05, 0) is 32.1 Å². The van der Waals surface area contributed by atoms with Crippen LogP contribution in [0.3, 0.4) is 0 Å². The molecule has 1 aliphatic carbocycles. The van der Waals surface area contributed by atoms with Crippen molar-refractivity contribution >= 4 is 0 Å². The monoisotopic (exact) mass is 147 g/mol. The van der Waals surface area contributed by atoms with Gasteiger partial charge in [0.05, 0.1) is 6.07 Å². The Balaban J connectivity index is 2.56. The highest BCUT2D eigenvalue weighted by atomic mass is 14.3. The first kappa shape index (κ1) is 8.07. The largest absolute Gasteiger partial charge is 0.193 e. The zero-order valence-corrected chi connectivity index (χ0v) is 6.93. The summed E-state index contributed by atoms with van der Waals surface area (Å²) in [5.74, 6) is 0.618. The molecule has 0 N–H and O–H groups in total. The smallest absolute Gasteiger partial charge is 0.0943 e. The fourth-order valence-electron chi connectivity index (χ4n) is 1.38. The van der Waals surface area contributed by atoms with Gasteiger partial charge in [-0.3, -0.25) is 0 Å². The lowest BCUT2D eigenvalue weighted by Gasteiger charge is -2.18. The molecule has 0 fully saturated rings. The van der Waals surface area contributed by atoms with Crippen molar-refractivity contribution in [1.82, 2.24) is 0 Å². The van der Waals surface area contributed by atoms with Gasteiger partial charge in [-0.2, -0.15) is 5.26 Å². The molecule has 0 unspecified atom stereocenters. The molecule has 0 aromatic carbocycles. The van der Waals surface area contributed by atoms with E-state index in [9.17, 15) is 0 Å². The van der Waals surface area contributed by atoms with Crippen molar-refractivity contribution in [3.8, 4) is 6.07 Å². The third kappa shape index (κ3) is 1.94. The fourth-order valence-corrected chi connectivity index (χ4v) is 1.38. The molecule has 0 radical (unpaired) electrons. The van der Waals surface area contributed by atoms with E-state index >= 15 is 0 Å². The van der Waals surface area contributed by atoms with E-state index in [1.54, 1.807) is 0 Å². The molecule has 0 saturated heterocycles. The van der Waals surface area contributed by atoms with E-state index in [0.717, 1.165) is 24.8 Å². The van der Waals surface area contributed by atoms with Gasteiger partial charge in [0.25, 0.3) is 0 Å². The van der Waals surface area contributed by atoms with Crippen molar-refractivity contribution in [2.45, 2.75) is 26.2 Å². The highest BCUT2D eigenvalue weighted by Crippen LogP contribution is 2.27. The van der Waals surface area contributed by atoms with Gasteiger partial charge in [0, 0.05) is 5.57 Å². The molecule has 1 heteroatoms. The van der Waals surface area contributed by atoms with E-state index in [1.807, 2.05) is 6.08 Å². The quantitative estimate of drug-likeness (QED) is 0.523. The third-order valence-corrected chi connectivity index (χ3v) is 2.25. The number of nitriles is 1. The Morgan fingerprint density at radius 3 is 2.91 bits per heavy atom. The Bertz CT molecular complexity index is 230. The van der Waals surface area contributed by atoms with Crippen LogP contribution < -0.4 is 0 Å². The van der Waals surface area contributed by atoms with Crippen molar-refractivity contribution < 1.29 is 0 Å². The van der Waals surface area contributed by atoms with Gasteiger partial charge in [0.2, 0.25) is 0 Å². The standard InChI is InChI=1S/C10H13N/c1-8(2)10-5-3-9(7-11)4-6-10/h3,10H,1,4-6H2,2H3/t10-/m0/s1. The molecule has 1 nitrogen and oxygen atoms in total. The molecule has 0 aliphatic heterocycles. The lowest BCUT2D eigenvalue weighted by atomic mass is 9.86.